The molecule has 1 saturated carbocycles. The summed E-state index contributed by atoms with van der Waals surface area (Å²) < 4.78 is 5.55. The van der Waals surface area contributed by atoms with Crippen LogP contribution in [-0.4, -0.2) is 25.7 Å². The summed E-state index contributed by atoms with van der Waals surface area (Å²) in [6.45, 7) is 3.45. The van der Waals surface area contributed by atoms with Crippen LogP contribution in [0.1, 0.15) is 54.7 Å². The van der Waals surface area contributed by atoms with E-state index in [2.05, 4.69) is 23.5 Å². The monoisotopic (exact) mass is 404 g/mol. The van der Waals surface area contributed by atoms with E-state index in [1.807, 2.05) is 30.3 Å². The first-order valence-corrected chi connectivity index (χ1v) is 11.6. The van der Waals surface area contributed by atoms with E-state index in [9.17, 15) is 4.79 Å². The number of rotatable bonds is 6. The van der Waals surface area contributed by atoms with Gasteiger partial charge in [-0.2, -0.15) is 0 Å². The van der Waals surface area contributed by atoms with Crippen molar-refractivity contribution >= 4 is 11.8 Å². The van der Waals surface area contributed by atoms with Gasteiger partial charge in [-0.15, -0.1) is 0 Å². The summed E-state index contributed by atoms with van der Waals surface area (Å²) in [5, 5.41) is 3.47. The van der Waals surface area contributed by atoms with E-state index in [0.717, 1.165) is 42.0 Å². The number of fused-ring (bicyclic) bond motifs is 1. The molecule has 2 aromatic rings. The van der Waals surface area contributed by atoms with Crippen molar-refractivity contribution in [3.63, 3.8) is 0 Å². The van der Waals surface area contributed by atoms with E-state index >= 15 is 0 Å². The molecule has 2 atom stereocenters. The largest absolute Gasteiger partial charge is 0.444 e. The van der Waals surface area contributed by atoms with Crippen LogP contribution < -0.4 is 10.2 Å². The molecule has 1 saturated heterocycles. The van der Waals surface area contributed by atoms with Gasteiger partial charge in [0.25, 0.3) is 0 Å². The molecule has 2 fully saturated rings. The minimum atomic E-state index is -0.239. The first-order chi connectivity index (χ1) is 14.8. The summed E-state index contributed by atoms with van der Waals surface area (Å²) in [7, 11) is 0. The Morgan fingerprint density at radius 1 is 1.07 bits per heavy atom. The van der Waals surface area contributed by atoms with Crippen LogP contribution in [-0.2, 0) is 17.8 Å². The maximum atomic E-state index is 12.6. The molecule has 1 N–H and O–H groups in total. The van der Waals surface area contributed by atoms with E-state index in [1.165, 1.54) is 56.3 Å². The van der Waals surface area contributed by atoms with Gasteiger partial charge in [0, 0.05) is 6.54 Å². The van der Waals surface area contributed by atoms with Gasteiger partial charge in [-0.25, -0.2) is 4.79 Å². The zero-order chi connectivity index (χ0) is 20.3. The maximum Gasteiger partial charge on any atom is 0.414 e. The molecule has 3 aliphatic rings. The van der Waals surface area contributed by atoms with Gasteiger partial charge in [0.1, 0.15) is 6.61 Å². The van der Waals surface area contributed by atoms with Gasteiger partial charge < -0.3 is 10.1 Å². The molecule has 4 nitrogen and oxygen atoms in total. The number of carbonyl (C=O) groups is 1. The second-order valence-electron chi connectivity index (χ2n) is 9.20. The first kappa shape index (κ1) is 19.6. The van der Waals surface area contributed by atoms with Gasteiger partial charge in [0.05, 0.1) is 5.69 Å². The van der Waals surface area contributed by atoms with Gasteiger partial charge in [-0.05, 0) is 85.7 Å². The number of nitrogens with one attached hydrogen (secondary N) is 1. The lowest BCUT2D eigenvalue weighted by Crippen LogP contribution is -2.29. The topological polar surface area (TPSA) is 41.6 Å². The molecule has 4 heteroatoms. The number of benzene rings is 2. The molecule has 1 aliphatic carbocycles. The van der Waals surface area contributed by atoms with Crippen molar-refractivity contribution in [1.82, 2.24) is 5.32 Å². The Morgan fingerprint density at radius 2 is 1.90 bits per heavy atom. The molecule has 0 aromatic heterocycles. The third kappa shape index (κ3) is 4.39. The van der Waals surface area contributed by atoms with Gasteiger partial charge in [-0.3, -0.25) is 4.90 Å². The number of amides is 1. The van der Waals surface area contributed by atoms with E-state index in [-0.39, 0.29) is 6.09 Å². The Balaban J connectivity index is 1.15. The molecule has 0 bridgehead atoms. The van der Waals surface area contributed by atoms with Gasteiger partial charge in [-0.1, -0.05) is 48.9 Å². The second kappa shape index (κ2) is 8.81. The number of hydrogen-bond acceptors (Lipinski definition) is 3. The van der Waals surface area contributed by atoms with Crippen molar-refractivity contribution in [2.24, 2.45) is 11.8 Å². The molecule has 158 valence electrons. The van der Waals surface area contributed by atoms with Crippen molar-refractivity contribution < 1.29 is 9.53 Å². The lowest BCUT2D eigenvalue weighted by Gasteiger charge is -2.22. The van der Waals surface area contributed by atoms with E-state index in [4.69, 9.17) is 4.74 Å². The predicted octanol–water partition coefficient (Wildman–Crippen LogP) is 5.27. The fraction of sp³-hybridized carbons (Fsp3) is 0.500. The third-order valence-electron chi connectivity index (χ3n) is 7.18. The highest BCUT2D eigenvalue weighted by atomic mass is 16.6. The molecule has 2 heterocycles. The molecule has 30 heavy (non-hydrogen) atoms. The standard InChI is InChI=1S/C26H32N2O2/c29-26(30-18-20-4-2-1-3-5-20)28-15-12-23-16-21(8-9-25(23)28)24-17-22(24)7-6-19-10-13-27-14-11-19/h1-5,8-9,16,19,22,24,27H,6-7,10-15,17-18H2. The van der Waals surface area contributed by atoms with Crippen molar-refractivity contribution in [2.75, 3.05) is 24.5 Å². The van der Waals surface area contributed by atoms with Crippen molar-refractivity contribution in [2.45, 2.75) is 51.0 Å². The van der Waals surface area contributed by atoms with Crippen molar-refractivity contribution in [1.29, 1.82) is 0 Å². The van der Waals surface area contributed by atoms with Gasteiger partial charge >= 0.3 is 6.09 Å². The van der Waals surface area contributed by atoms with Crippen molar-refractivity contribution in [3.05, 3.63) is 65.2 Å². The Morgan fingerprint density at radius 3 is 2.73 bits per heavy atom. The molecule has 0 radical (unpaired) electrons. The van der Waals surface area contributed by atoms with E-state index in [0.29, 0.717) is 6.61 Å². The maximum absolute atomic E-state index is 12.6. The third-order valence-corrected chi connectivity index (χ3v) is 7.18. The highest BCUT2D eigenvalue weighted by Crippen LogP contribution is 2.51. The summed E-state index contributed by atoms with van der Waals surface area (Å²) in [5.41, 5.74) is 4.82. The molecule has 2 aliphatic heterocycles. The van der Waals surface area contributed by atoms with Gasteiger partial charge in [0.2, 0.25) is 0 Å². The summed E-state index contributed by atoms with van der Waals surface area (Å²) in [6, 6.07) is 16.6. The Bertz CT molecular complexity index is 876. The SMILES string of the molecule is O=C(OCc1ccccc1)N1CCc2cc(C3CC3CCC3CCNCC3)ccc21. The van der Waals surface area contributed by atoms with Crippen LogP contribution in [0.5, 0.6) is 0 Å². The van der Waals surface area contributed by atoms with Crippen LogP contribution in [0, 0.1) is 11.8 Å². The molecule has 1 amide bonds. The normalized spacial score (nSPS) is 23.3. The van der Waals surface area contributed by atoms with Crippen LogP contribution in [0.25, 0.3) is 0 Å². The highest BCUT2D eigenvalue weighted by Gasteiger charge is 2.39. The summed E-state index contributed by atoms with van der Waals surface area (Å²) in [6.07, 6.45) is 7.51. The smallest absolute Gasteiger partial charge is 0.414 e. The Kier molecular flexibility index (Phi) is 5.76. The highest BCUT2D eigenvalue weighted by molar-refractivity contribution is 5.90. The number of hydrogen-bond donors (Lipinski definition) is 1. The first-order valence-electron chi connectivity index (χ1n) is 11.6. The minimum Gasteiger partial charge on any atom is -0.444 e. The summed E-state index contributed by atoms with van der Waals surface area (Å²) >= 11 is 0. The molecular weight excluding hydrogens is 372 g/mol. The average molecular weight is 405 g/mol. The lowest BCUT2D eigenvalue weighted by atomic mass is 9.91. The van der Waals surface area contributed by atoms with Crippen LogP contribution in [0.2, 0.25) is 0 Å². The zero-order valence-corrected chi connectivity index (χ0v) is 17.7. The van der Waals surface area contributed by atoms with E-state index < -0.39 is 0 Å². The number of piperidine rings is 1. The number of ether oxygens (including phenoxy) is 1. The Labute approximate surface area is 179 Å². The average Bonchev–Trinajstić information content (AvgIpc) is 3.46. The summed E-state index contributed by atoms with van der Waals surface area (Å²) in [5.74, 6) is 2.53. The van der Waals surface area contributed by atoms with Crippen molar-refractivity contribution in [3.8, 4) is 0 Å². The summed E-state index contributed by atoms with van der Waals surface area (Å²) in [4.78, 5) is 14.4. The molecule has 2 unspecified atom stereocenters. The number of anilines is 1. The fourth-order valence-corrected chi connectivity index (χ4v) is 5.23. The van der Waals surface area contributed by atoms with Crippen LogP contribution in [0.4, 0.5) is 10.5 Å². The number of nitrogens with zero attached hydrogens (tertiary/aromatic N) is 1. The minimum absolute atomic E-state index is 0.239. The predicted molar refractivity (Wildman–Crippen MR) is 120 cm³/mol. The fourth-order valence-electron chi connectivity index (χ4n) is 5.23. The molecule has 0 spiro atoms. The van der Waals surface area contributed by atoms with Gasteiger partial charge in [0.15, 0.2) is 0 Å². The van der Waals surface area contributed by atoms with Crippen LogP contribution in [0.15, 0.2) is 48.5 Å². The van der Waals surface area contributed by atoms with E-state index in [1.54, 1.807) is 4.90 Å². The molecule has 2 aromatic carbocycles. The molecule has 5 rings (SSSR count). The lowest BCUT2D eigenvalue weighted by molar-refractivity contribution is 0.147. The van der Waals surface area contributed by atoms with Crippen LogP contribution in [0.3, 0.4) is 0 Å². The number of carbonyl (C=O) groups excluding carboxylic acids is 1. The molecular formula is C26H32N2O2. The quantitative estimate of drug-likeness (QED) is 0.713. The Hall–Kier alpha value is -2.33. The second-order valence-corrected chi connectivity index (χ2v) is 9.20. The van der Waals surface area contributed by atoms with Crippen LogP contribution >= 0.6 is 0 Å². The zero-order valence-electron chi connectivity index (χ0n) is 17.7.